The van der Waals surface area contributed by atoms with Gasteiger partial charge in [0.15, 0.2) is 17.3 Å². The highest BCUT2D eigenvalue weighted by Crippen LogP contribution is 2.37. The summed E-state index contributed by atoms with van der Waals surface area (Å²) in [5.74, 6) is 0.446. The van der Waals surface area contributed by atoms with Gasteiger partial charge in [-0.3, -0.25) is 0 Å². The second-order valence-corrected chi connectivity index (χ2v) is 4.92. The zero-order valence-electron chi connectivity index (χ0n) is 12.9. The van der Waals surface area contributed by atoms with Gasteiger partial charge in [0, 0.05) is 18.3 Å². The van der Waals surface area contributed by atoms with Crippen LogP contribution < -0.4 is 4.89 Å². The van der Waals surface area contributed by atoms with Gasteiger partial charge in [0.2, 0.25) is 5.95 Å². The van der Waals surface area contributed by atoms with Crippen LogP contribution in [0, 0.1) is 11.3 Å². The fourth-order valence-electron chi connectivity index (χ4n) is 2.18. The molecule has 0 aliphatic carbocycles. The summed E-state index contributed by atoms with van der Waals surface area (Å²) in [6, 6.07) is 9.87. The zero-order valence-corrected chi connectivity index (χ0v) is 13.8. The van der Waals surface area contributed by atoms with Crippen molar-refractivity contribution in [1.29, 1.82) is 5.26 Å². The van der Waals surface area contributed by atoms with E-state index in [4.69, 9.17) is 10.1 Å². The van der Waals surface area contributed by atoms with E-state index in [0.29, 0.717) is 16.5 Å². The number of nitriles is 1. The first kappa shape index (κ1) is 17.4. The number of benzene rings is 2. The molecule has 0 spiro atoms. The quantitative estimate of drug-likeness (QED) is 0.150. The van der Waals surface area contributed by atoms with Gasteiger partial charge in [-0.05, 0) is 41.4 Å². The molecule has 1 heterocycles. The van der Waals surface area contributed by atoms with E-state index in [1.807, 2.05) is 6.07 Å². The fourth-order valence-corrected chi connectivity index (χ4v) is 2.21. The Bertz CT molecular complexity index is 1040. The predicted octanol–water partition coefficient (Wildman–Crippen LogP) is 3.97. The summed E-state index contributed by atoms with van der Waals surface area (Å²) in [7, 11) is 0. The number of azo groups is 1. The minimum Gasteiger partial charge on any atom is -0.506 e. The van der Waals surface area contributed by atoms with E-state index in [-0.39, 0.29) is 28.9 Å². The van der Waals surface area contributed by atoms with Gasteiger partial charge < -0.3 is 15.0 Å². The predicted molar refractivity (Wildman–Crippen MR) is 94.1 cm³/mol. The lowest BCUT2D eigenvalue weighted by Crippen LogP contribution is -1.92. The van der Waals surface area contributed by atoms with Crippen LogP contribution in [0.4, 0.5) is 17.5 Å². The standard InChI is InChI=1S/C15H10N6O4S/c1-17-14-11(7-16)18-15(19-14)21-20-13-10-4-3-9(23-24-25-26)6-8(10)2-5-12(13)22/h2-6,22,26H,1H2,(H,18,19). The van der Waals surface area contributed by atoms with Gasteiger partial charge in [-0.2, -0.15) is 10.2 Å². The lowest BCUT2D eigenvalue weighted by atomic mass is 10.1. The summed E-state index contributed by atoms with van der Waals surface area (Å²) in [4.78, 5) is 15.0. The Labute approximate surface area is 151 Å². The van der Waals surface area contributed by atoms with E-state index in [1.54, 1.807) is 24.3 Å². The molecule has 0 bridgehead atoms. The number of aromatic hydroxyl groups is 1. The summed E-state index contributed by atoms with van der Waals surface area (Å²) in [6.07, 6.45) is 0. The Kier molecular flexibility index (Phi) is 5.09. The fraction of sp³-hybridized carbons (Fsp3) is 0. The first-order valence-corrected chi connectivity index (χ1v) is 7.32. The molecule has 10 nitrogen and oxygen atoms in total. The first-order valence-electron chi connectivity index (χ1n) is 6.95. The van der Waals surface area contributed by atoms with Gasteiger partial charge >= 0.3 is 0 Å². The Morgan fingerprint density at radius 3 is 2.81 bits per heavy atom. The number of fused-ring (bicyclic) bond motifs is 1. The van der Waals surface area contributed by atoms with Crippen LogP contribution in [0.15, 0.2) is 45.6 Å². The highest BCUT2D eigenvalue weighted by atomic mass is 32.1. The van der Waals surface area contributed by atoms with Gasteiger partial charge in [-0.25, -0.2) is 4.99 Å². The molecule has 0 aliphatic heterocycles. The third-order valence-electron chi connectivity index (χ3n) is 3.28. The maximum absolute atomic E-state index is 10.1. The van der Waals surface area contributed by atoms with Crippen molar-refractivity contribution < 1.29 is 19.4 Å². The average molecular weight is 370 g/mol. The molecule has 0 amide bonds. The number of hydrogen-bond acceptors (Lipinski definition) is 10. The average Bonchev–Trinajstić information content (AvgIpc) is 3.08. The number of hydrogen-bond donors (Lipinski definition) is 3. The van der Waals surface area contributed by atoms with Crippen molar-refractivity contribution in [3.8, 4) is 17.6 Å². The normalized spacial score (nSPS) is 10.9. The largest absolute Gasteiger partial charge is 0.506 e. The number of nitrogens with zero attached hydrogens (tertiary/aromatic N) is 5. The number of aromatic amines is 1. The van der Waals surface area contributed by atoms with Crippen molar-refractivity contribution in [3.63, 3.8) is 0 Å². The van der Waals surface area contributed by atoms with E-state index >= 15 is 0 Å². The van der Waals surface area contributed by atoms with Crippen molar-refractivity contribution in [2.45, 2.75) is 0 Å². The molecule has 0 radical (unpaired) electrons. The molecular weight excluding hydrogens is 360 g/mol. The Hall–Kier alpha value is -3.46. The molecule has 0 saturated carbocycles. The van der Waals surface area contributed by atoms with Crippen LogP contribution in [0.3, 0.4) is 0 Å². The number of rotatable bonds is 6. The zero-order chi connectivity index (χ0) is 18.5. The van der Waals surface area contributed by atoms with Crippen LogP contribution in [-0.2, 0) is 9.37 Å². The summed E-state index contributed by atoms with van der Waals surface area (Å²) < 4.78 is 4.07. The molecule has 3 aromatic rings. The lowest BCUT2D eigenvalue weighted by Gasteiger charge is -2.06. The number of aliphatic imine (C=N–C) groups is 1. The molecule has 11 heteroatoms. The second kappa shape index (κ2) is 7.62. The highest BCUT2D eigenvalue weighted by Gasteiger charge is 2.10. The van der Waals surface area contributed by atoms with Crippen LogP contribution in [0.2, 0.25) is 0 Å². The highest BCUT2D eigenvalue weighted by molar-refractivity contribution is 7.74. The number of aromatic nitrogens is 2. The summed E-state index contributed by atoms with van der Waals surface area (Å²) in [6.45, 7) is 3.32. The van der Waals surface area contributed by atoms with Crippen LogP contribution in [0.5, 0.6) is 11.5 Å². The van der Waals surface area contributed by atoms with E-state index in [2.05, 4.69) is 54.2 Å². The number of phenols is 1. The van der Waals surface area contributed by atoms with E-state index in [9.17, 15) is 5.11 Å². The molecule has 2 N–H and O–H groups in total. The van der Waals surface area contributed by atoms with E-state index in [0.717, 1.165) is 0 Å². The molecular formula is C15H10N6O4S. The molecule has 2 aromatic carbocycles. The molecule has 0 atom stereocenters. The molecule has 3 rings (SSSR count). The molecule has 0 unspecified atom stereocenters. The second-order valence-electron chi connectivity index (χ2n) is 4.77. The molecule has 130 valence electrons. The lowest BCUT2D eigenvalue weighted by molar-refractivity contribution is -0.402. The molecule has 1 aromatic heterocycles. The summed E-state index contributed by atoms with van der Waals surface area (Å²) in [5, 5.41) is 32.6. The van der Waals surface area contributed by atoms with E-state index in [1.165, 1.54) is 6.07 Å². The number of imidazole rings is 1. The Morgan fingerprint density at radius 2 is 2.12 bits per heavy atom. The van der Waals surface area contributed by atoms with Crippen molar-refractivity contribution >= 4 is 47.9 Å². The van der Waals surface area contributed by atoms with Crippen molar-refractivity contribution in [2.75, 3.05) is 0 Å². The third kappa shape index (κ3) is 3.47. The third-order valence-corrected chi connectivity index (χ3v) is 3.34. The SMILES string of the molecule is C=Nc1nc(N=Nc2c(O)ccc3cc(OOOS)ccc23)[nH]c1C#N. The van der Waals surface area contributed by atoms with Crippen LogP contribution in [0.1, 0.15) is 5.69 Å². The first-order chi connectivity index (χ1) is 12.7. The molecule has 0 aliphatic rings. The van der Waals surface area contributed by atoms with Crippen molar-refractivity contribution in [2.24, 2.45) is 15.2 Å². The van der Waals surface area contributed by atoms with Gasteiger partial charge in [0.05, 0.1) is 0 Å². The minimum absolute atomic E-state index is 0.0552. The maximum Gasteiger partial charge on any atom is 0.249 e. The van der Waals surface area contributed by atoms with Gasteiger partial charge in [-0.15, -0.1) is 14.6 Å². The van der Waals surface area contributed by atoms with Crippen molar-refractivity contribution in [3.05, 3.63) is 36.0 Å². The van der Waals surface area contributed by atoms with Crippen LogP contribution in [-0.4, -0.2) is 21.8 Å². The smallest absolute Gasteiger partial charge is 0.249 e. The topological polar surface area (TPSA) is 137 Å². The number of H-pyrrole nitrogens is 1. The molecule has 0 fully saturated rings. The Balaban J connectivity index is 1.98. The number of thiol groups is 1. The Morgan fingerprint density at radius 1 is 1.27 bits per heavy atom. The minimum atomic E-state index is -0.0843. The monoisotopic (exact) mass is 370 g/mol. The van der Waals surface area contributed by atoms with Gasteiger partial charge in [0.25, 0.3) is 0 Å². The van der Waals surface area contributed by atoms with Crippen LogP contribution >= 0.6 is 12.9 Å². The van der Waals surface area contributed by atoms with Crippen molar-refractivity contribution in [1.82, 2.24) is 9.97 Å². The van der Waals surface area contributed by atoms with E-state index < -0.39 is 0 Å². The van der Waals surface area contributed by atoms with Crippen LogP contribution in [0.25, 0.3) is 10.8 Å². The molecule has 26 heavy (non-hydrogen) atoms. The molecule has 0 saturated heterocycles. The summed E-state index contributed by atoms with van der Waals surface area (Å²) in [5.41, 5.74) is 0.327. The van der Waals surface area contributed by atoms with Gasteiger partial charge in [0.1, 0.15) is 17.5 Å². The number of phenolic OH excluding ortho intramolecular Hbond substituents is 1. The van der Waals surface area contributed by atoms with Gasteiger partial charge in [-0.1, -0.05) is 6.07 Å². The maximum atomic E-state index is 10.1. The number of nitrogens with one attached hydrogen (secondary N) is 1. The summed E-state index contributed by atoms with van der Waals surface area (Å²) >= 11 is 3.39.